The van der Waals surface area contributed by atoms with Crippen LogP contribution in [0.2, 0.25) is 0 Å². The van der Waals surface area contributed by atoms with Gasteiger partial charge in [0.25, 0.3) is 0 Å². The fourth-order valence-electron chi connectivity index (χ4n) is 4.97. The van der Waals surface area contributed by atoms with Crippen LogP contribution in [-0.2, 0) is 12.8 Å². The number of carbonyl (C=O) groups is 3. The van der Waals surface area contributed by atoms with Crippen molar-refractivity contribution < 1.29 is 14.4 Å². The first-order valence-electron chi connectivity index (χ1n) is 16.6. The van der Waals surface area contributed by atoms with Crippen LogP contribution in [0.15, 0.2) is 114 Å². The van der Waals surface area contributed by atoms with Gasteiger partial charge in [-0.05, 0) is 62.4 Å². The van der Waals surface area contributed by atoms with Gasteiger partial charge in [-0.3, -0.25) is 14.4 Å². The summed E-state index contributed by atoms with van der Waals surface area (Å²) in [5.41, 5.74) is 4.65. The first kappa shape index (κ1) is 40.6. The largest absolute Gasteiger partial charge is 0.298 e. The molecule has 0 aromatic heterocycles. The summed E-state index contributed by atoms with van der Waals surface area (Å²) in [7, 11) is 0. The summed E-state index contributed by atoms with van der Waals surface area (Å²) in [6, 6.07) is 35.9. The van der Waals surface area contributed by atoms with Gasteiger partial charge >= 0.3 is 0 Å². The number of aldehydes is 3. The predicted molar refractivity (Wildman–Crippen MR) is 209 cm³/mol. The van der Waals surface area contributed by atoms with Gasteiger partial charge in [0.15, 0.2) is 18.9 Å². The SMILES string of the molecule is CC.CC.CC.CCc1ccc2ccccc2c1C=O.CCc1ccc2ccccc2c1C=O.O=Cc1c(Br)ccc2ccccc12. The molecule has 0 unspecified atom stereocenters. The topological polar surface area (TPSA) is 51.2 Å². The lowest BCUT2D eigenvalue weighted by Crippen LogP contribution is -1.91. The number of hydrogen-bond acceptors (Lipinski definition) is 3. The van der Waals surface area contributed by atoms with Gasteiger partial charge in [-0.15, -0.1) is 0 Å². The molecule has 0 aliphatic rings. The molecule has 0 bridgehead atoms. The Morgan fingerprint density at radius 2 is 0.723 bits per heavy atom. The van der Waals surface area contributed by atoms with E-state index < -0.39 is 0 Å². The number of benzene rings is 6. The average molecular weight is 694 g/mol. The second-order valence-electron chi connectivity index (χ2n) is 9.46. The number of hydrogen-bond donors (Lipinski definition) is 0. The molecule has 0 radical (unpaired) electrons. The maximum absolute atomic E-state index is 11.0. The van der Waals surface area contributed by atoms with Gasteiger partial charge in [0.05, 0.1) is 0 Å². The van der Waals surface area contributed by atoms with Crippen molar-refractivity contribution in [3.63, 3.8) is 0 Å². The summed E-state index contributed by atoms with van der Waals surface area (Å²) in [4.78, 5) is 32.8. The van der Waals surface area contributed by atoms with E-state index in [0.717, 1.165) is 96.3 Å². The third-order valence-electron chi connectivity index (χ3n) is 7.15. The Hall–Kier alpha value is -4.41. The highest BCUT2D eigenvalue weighted by molar-refractivity contribution is 9.10. The van der Waals surface area contributed by atoms with Crippen LogP contribution in [0.5, 0.6) is 0 Å². The van der Waals surface area contributed by atoms with E-state index in [2.05, 4.69) is 41.9 Å². The van der Waals surface area contributed by atoms with Crippen molar-refractivity contribution in [2.24, 2.45) is 0 Å². The molecule has 0 aliphatic heterocycles. The van der Waals surface area contributed by atoms with Crippen molar-refractivity contribution in [3.05, 3.63) is 141 Å². The van der Waals surface area contributed by atoms with Crippen LogP contribution in [0.3, 0.4) is 0 Å². The van der Waals surface area contributed by atoms with Crippen molar-refractivity contribution in [1.82, 2.24) is 0 Å². The molecule has 0 fully saturated rings. The molecule has 4 heteroatoms. The smallest absolute Gasteiger partial charge is 0.151 e. The minimum Gasteiger partial charge on any atom is -0.298 e. The van der Waals surface area contributed by atoms with E-state index in [0.29, 0.717) is 0 Å². The summed E-state index contributed by atoms with van der Waals surface area (Å²) in [6.07, 6.45) is 4.60. The zero-order chi connectivity index (χ0) is 35.2. The molecule has 0 amide bonds. The molecule has 0 heterocycles. The molecular weight excluding hydrogens is 644 g/mol. The van der Waals surface area contributed by atoms with Crippen LogP contribution in [0.1, 0.15) is 97.6 Å². The van der Waals surface area contributed by atoms with Crippen LogP contribution < -0.4 is 0 Å². The molecule has 0 saturated heterocycles. The number of carbonyl (C=O) groups excluding carboxylic acids is 3. The Morgan fingerprint density at radius 3 is 1.04 bits per heavy atom. The first-order chi connectivity index (χ1) is 23.1. The zero-order valence-corrected chi connectivity index (χ0v) is 30.7. The number of aryl methyl sites for hydroxylation is 2. The molecule has 6 rings (SSSR count). The van der Waals surface area contributed by atoms with E-state index in [1.807, 2.05) is 139 Å². The van der Waals surface area contributed by atoms with Crippen molar-refractivity contribution in [1.29, 1.82) is 0 Å². The Kier molecular flexibility index (Phi) is 19.9. The molecule has 6 aromatic rings. The Labute approximate surface area is 290 Å². The highest BCUT2D eigenvalue weighted by Crippen LogP contribution is 2.25. The van der Waals surface area contributed by atoms with Gasteiger partial charge in [-0.2, -0.15) is 0 Å². The second kappa shape index (κ2) is 23.0. The third kappa shape index (κ3) is 10.8. The molecule has 6 aromatic carbocycles. The molecule has 0 aliphatic carbocycles. The molecule has 0 spiro atoms. The van der Waals surface area contributed by atoms with E-state index in [4.69, 9.17) is 0 Å². The van der Waals surface area contributed by atoms with Crippen LogP contribution in [0.25, 0.3) is 32.3 Å². The minimum absolute atomic E-state index is 0.720. The Balaban J connectivity index is 0.000000326. The molecule has 0 saturated carbocycles. The summed E-state index contributed by atoms with van der Waals surface area (Å²) in [5, 5.41) is 6.46. The average Bonchev–Trinajstić information content (AvgIpc) is 3.16. The van der Waals surface area contributed by atoms with E-state index in [1.54, 1.807) is 0 Å². The maximum Gasteiger partial charge on any atom is 0.151 e. The molecule has 47 heavy (non-hydrogen) atoms. The molecule has 246 valence electrons. The van der Waals surface area contributed by atoms with Gasteiger partial charge in [-0.1, -0.05) is 174 Å². The molecule has 3 nitrogen and oxygen atoms in total. The Bertz CT molecular complexity index is 1750. The van der Waals surface area contributed by atoms with Crippen LogP contribution >= 0.6 is 15.9 Å². The van der Waals surface area contributed by atoms with Gasteiger partial charge < -0.3 is 0 Å². The second-order valence-corrected chi connectivity index (χ2v) is 10.3. The van der Waals surface area contributed by atoms with Crippen LogP contribution in [0, 0.1) is 0 Å². The summed E-state index contributed by atoms with van der Waals surface area (Å²) >= 11 is 3.35. The van der Waals surface area contributed by atoms with Crippen LogP contribution in [0.4, 0.5) is 0 Å². The van der Waals surface area contributed by atoms with Gasteiger partial charge in [-0.25, -0.2) is 0 Å². The summed E-state index contributed by atoms with van der Waals surface area (Å²) in [6.45, 7) is 16.1. The third-order valence-corrected chi connectivity index (χ3v) is 7.85. The van der Waals surface area contributed by atoms with Crippen LogP contribution in [-0.4, -0.2) is 18.9 Å². The van der Waals surface area contributed by atoms with Crippen molar-refractivity contribution in [2.75, 3.05) is 0 Å². The van der Waals surface area contributed by atoms with Gasteiger partial charge in [0.1, 0.15) is 0 Å². The number of halogens is 1. The van der Waals surface area contributed by atoms with E-state index in [1.165, 1.54) is 0 Å². The Morgan fingerprint density at radius 1 is 0.426 bits per heavy atom. The minimum atomic E-state index is 0.720. The highest BCUT2D eigenvalue weighted by atomic mass is 79.9. The van der Waals surface area contributed by atoms with E-state index in [9.17, 15) is 14.4 Å². The monoisotopic (exact) mass is 692 g/mol. The molecule has 0 N–H and O–H groups in total. The quantitative estimate of drug-likeness (QED) is 0.169. The standard InChI is InChI=1S/2C13H12O.C11H7BrO.3C2H6/c2*1-2-10-7-8-11-5-3-4-6-12(11)13(10)9-14;12-11-6-5-8-3-1-2-4-9(8)10(11)7-13;3*1-2/h2*3-9H,2H2,1H3;1-7H;3*1-2H3. The number of fused-ring (bicyclic) bond motifs is 3. The lowest BCUT2D eigenvalue weighted by atomic mass is 9.98. The predicted octanol–water partition coefficient (Wildman–Crippen LogP) is 12.9. The maximum atomic E-state index is 11.0. The first-order valence-corrected chi connectivity index (χ1v) is 17.4. The van der Waals surface area contributed by atoms with Crippen molar-refractivity contribution in [2.45, 2.75) is 68.2 Å². The van der Waals surface area contributed by atoms with Gasteiger partial charge in [0.2, 0.25) is 0 Å². The lowest BCUT2D eigenvalue weighted by Gasteiger charge is -2.05. The van der Waals surface area contributed by atoms with E-state index >= 15 is 0 Å². The molecular formula is C43H49BrO3. The van der Waals surface area contributed by atoms with Gasteiger partial charge in [0, 0.05) is 21.2 Å². The van der Waals surface area contributed by atoms with Crippen molar-refractivity contribution in [3.8, 4) is 0 Å². The lowest BCUT2D eigenvalue weighted by molar-refractivity contribution is 0.111. The molecule has 0 atom stereocenters. The number of rotatable bonds is 5. The summed E-state index contributed by atoms with van der Waals surface area (Å²) in [5.74, 6) is 0. The summed E-state index contributed by atoms with van der Waals surface area (Å²) < 4.78 is 0.848. The highest BCUT2D eigenvalue weighted by Gasteiger charge is 2.05. The van der Waals surface area contributed by atoms with E-state index in [-0.39, 0.29) is 0 Å². The van der Waals surface area contributed by atoms with Crippen molar-refractivity contribution >= 4 is 67.1 Å². The fourth-order valence-corrected chi connectivity index (χ4v) is 5.40. The normalized spacial score (nSPS) is 9.38. The fraction of sp³-hybridized carbons (Fsp3) is 0.233. The zero-order valence-electron chi connectivity index (χ0n) is 29.1.